The van der Waals surface area contributed by atoms with Crippen molar-refractivity contribution in [3.63, 3.8) is 0 Å². The van der Waals surface area contributed by atoms with Gasteiger partial charge in [0.2, 0.25) is 5.88 Å². The van der Waals surface area contributed by atoms with Crippen LogP contribution in [0.2, 0.25) is 0 Å². The van der Waals surface area contributed by atoms with Crippen molar-refractivity contribution in [1.82, 2.24) is 24.1 Å². The molecule has 0 saturated heterocycles. The van der Waals surface area contributed by atoms with Gasteiger partial charge in [-0.05, 0) is 43.3 Å². The van der Waals surface area contributed by atoms with Gasteiger partial charge in [0.15, 0.2) is 0 Å². The molecule has 0 aliphatic rings. The fraction of sp³-hybridized carbons (Fsp3) is 0.0833. The minimum atomic E-state index is -4.45. The number of aromatic nitrogens is 5. The topological polar surface area (TPSA) is 120 Å². The Morgan fingerprint density at radius 3 is 2.51 bits per heavy atom. The molecule has 0 unspecified atom stereocenters. The van der Waals surface area contributed by atoms with E-state index >= 15 is 0 Å². The van der Waals surface area contributed by atoms with Gasteiger partial charge in [-0.25, -0.2) is 31.8 Å². The SMILES string of the molecule is COc1ncc(-c2ccc3ncc(-n4ccc(C)n4)c(=O)n3c2)cc1NS(=O)(=O)c1ccc(F)cc1F. The number of benzene rings is 1. The fourth-order valence-corrected chi connectivity index (χ4v) is 4.79. The Kier molecular flexibility index (Phi) is 5.91. The first kappa shape index (κ1) is 24.1. The molecule has 0 atom stereocenters. The lowest BCUT2D eigenvalue weighted by atomic mass is 10.1. The zero-order chi connectivity index (χ0) is 26.3. The van der Waals surface area contributed by atoms with Crippen molar-refractivity contribution >= 4 is 21.4 Å². The number of rotatable bonds is 6. The van der Waals surface area contributed by atoms with Crippen LogP contribution in [0.15, 0.2) is 76.9 Å². The maximum Gasteiger partial charge on any atom is 0.283 e. The molecule has 4 heterocycles. The minimum absolute atomic E-state index is 0.0780. The number of methoxy groups -OCH3 is 1. The lowest BCUT2D eigenvalue weighted by molar-refractivity contribution is 0.400. The number of hydrogen-bond acceptors (Lipinski definition) is 7. The van der Waals surface area contributed by atoms with E-state index in [1.54, 1.807) is 31.3 Å². The molecule has 10 nitrogen and oxygen atoms in total. The van der Waals surface area contributed by atoms with Gasteiger partial charge in [0.25, 0.3) is 15.6 Å². The van der Waals surface area contributed by atoms with Gasteiger partial charge < -0.3 is 4.74 Å². The highest BCUT2D eigenvalue weighted by atomic mass is 32.2. The molecule has 37 heavy (non-hydrogen) atoms. The third-order valence-electron chi connectivity index (χ3n) is 5.46. The first-order valence-electron chi connectivity index (χ1n) is 10.7. The van der Waals surface area contributed by atoms with Gasteiger partial charge >= 0.3 is 0 Å². The second-order valence-electron chi connectivity index (χ2n) is 7.96. The summed E-state index contributed by atoms with van der Waals surface area (Å²) < 4.78 is 63.2. The summed E-state index contributed by atoms with van der Waals surface area (Å²) in [5, 5.41) is 4.26. The molecule has 5 aromatic rings. The summed E-state index contributed by atoms with van der Waals surface area (Å²) in [6.45, 7) is 1.80. The predicted octanol–water partition coefficient (Wildman–Crippen LogP) is 3.34. The maximum absolute atomic E-state index is 14.2. The van der Waals surface area contributed by atoms with Crippen LogP contribution in [-0.4, -0.2) is 39.7 Å². The van der Waals surface area contributed by atoms with Gasteiger partial charge in [-0.15, -0.1) is 0 Å². The van der Waals surface area contributed by atoms with Crippen molar-refractivity contribution in [2.45, 2.75) is 11.8 Å². The van der Waals surface area contributed by atoms with E-state index in [1.165, 1.54) is 40.8 Å². The van der Waals surface area contributed by atoms with Crippen LogP contribution in [0.5, 0.6) is 5.88 Å². The highest BCUT2D eigenvalue weighted by molar-refractivity contribution is 7.92. The molecule has 13 heteroatoms. The number of anilines is 1. The Bertz CT molecular complexity index is 1840. The second kappa shape index (κ2) is 9.09. The van der Waals surface area contributed by atoms with Crippen LogP contribution >= 0.6 is 0 Å². The highest BCUT2D eigenvalue weighted by Crippen LogP contribution is 2.30. The Morgan fingerprint density at radius 1 is 1.00 bits per heavy atom. The van der Waals surface area contributed by atoms with Gasteiger partial charge in [-0.3, -0.25) is 13.9 Å². The zero-order valence-corrected chi connectivity index (χ0v) is 20.2. The molecule has 0 amide bonds. The van der Waals surface area contributed by atoms with Gasteiger partial charge in [-0.1, -0.05) is 0 Å². The summed E-state index contributed by atoms with van der Waals surface area (Å²) in [5.41, 5.74) is 1.83. The van der Waals surface area contributed by atoms with Crippen molar-refractivity contribution in [2.75, 3.05) is 11.8 Å². The summed E-state index contributed by atoms with van der Waals surface area (Å²) in [6.07, 6.45) is 6.04. The molecule has 0 fully saturated rings. The third-order valence-corrected chi connectivity index (χ3v) is 6.86. The number of halogens is 2. The third kappa shape index (κ3) is 4.51. The number of hydrogen-bond donors (Lipinski definition) is 1. The average molecular weight is 525 g/mol. The molecule has 4 aromatic heterocycles. The second-order valence-corrected chi connectivity index (χ2v) is 9.61. The van der Waals surface area contributed by atoms with E-state index in [4.69, 9.17) is 4.74 Å². The highest BCUT2D eigenvalue weighted by Gasteiger charge is 2.22. The predicted molar refractivity (Wildman–Crippen MR) is 130 cm³/mol. The van der Waals surface area contributed by atoms with Crippen molar-refractivity contribution in [3.8, 4) is 22.7 Å². The van der Waals surface area contributed by atoms with Crippen LogP contribution in [0.1, 0.15) is 5.69 Å². The number of nitrogens with zero attached hydrogens (tertiary/aromatic N) is 5. The number of nitrogens with one attached hydrogen (secondary N) is 1. The Balaban J connectivity index is 1.57. The van der Waals surface area contributed by atoms with Gasteiger partial charge in [0, 0.05) is 35.8 Å². The summed E-state index contributed by atoms with van der Waals surface area (Å²) in [6, 6.07) is 8.61. The molecule has 188 valence electrons. The zero-order valence-electron chi connectivity index (χ0n) is 19.4. The molecule has 1 N–H and O–H groups in total. The molecule has 0 spiro atoms. The van der Waals surface area contributed by atoms with E-state index in [2.05, 4.69) is 19.8 Å². The van der Waals surface area contributed by atoms with Crippen LogP contribution in [0.4, 0.5) is 14.5 Å². The monoisotopic (exact) mass is 524 g/mol. The van der Waals surface area contributed by atoms with Crippen LogP contribution in [-0.2, 0) is 10.0 Å². The van der Waals surface area contributed by atoms with Crippen LogP contribution in [0.25, 0.3) is 22.5 Å². The largest absolute Gasteiger partial charge is 0.480 e. The lowest BCUT2D eigenvalue weighted by Gasteiger charge is -2.13. The molecule has 0 saturated carbocycles. The van der Waals surface area contributed by atoms with E-state index in [9.17, 15) is 22.0 Å². The van der Waals surface area contributed by atoms with Gasteiger partial charge in [-0.2, -0.15) is 5.10 Å². The number of ether oxygens (including phenoxy) is 1. The average Bonchev–Trinajstić information content (AvgIpc) is 3.29. The number of sulfonamides is 1. The quantitative estimate of drug-likeness (QED) is 0.362. The summed E-state index contributed by atoms with van der Waals surface area (Å²) in [7, 11) is -3.16. The number of fused-ring (bicyclic) bond motifs is 1. The summed E-state index contributed by atoms with van der Waals surface area (Å²) in [5.74, 6) is -2.24. The van der Waals surface area contributed by atoms with E-state index in [0.717, 1.165) is 17.8 Å². The molecule has 0 aliphatic heterocycles. The molecular weight excluding hydrogens is 506 g/mol. The van der Waals surface area contributed by atoms with Crippen LogP contribution < -0.4 is 15.0 Å². The molecule has 1 aromatic carbocycles. The van der Waals surface area contributed by atoms with Crippen LogP contribution in [0, 0.1) is 18.6 Å². The molecular formula is C24H18F2N6O4S. The Hall–Kier alpha value is -4.65. The normalized spacial score (nSPS) is 11.6. The number of pyridine rings is 2. The molecule has 5 rings (SSSR count). The molecule has 0 radical (unpaired) electrons. The van der Waals surface area contributed by atoms with Crippen molar-refractivity contribution in [3.05, 3.63) is 94.9 Å². The van der Waals surface area contributed by atoms with E-state index in [-0.39, 0.29) is 22.8 Å². The standard InChI is InChI=1S/C24H18F2N6O4S/c1-14-7-8-32(29-14)20-12-27-22-6-3-15(13-31(22)24(20)33)16-9-19(23(36-2)28-11-16)30-37(34,35)21-5-4-17(25)10-18(21)26/h3-13,30H,1-2H3. The maximum atomic E-state index is 14.2. The van der Waals surface area contributed by atoms with Crippen molar-refractivity contribution in [2.24, 2.45) is 0 Å². The first-order valence-corrected chi connectivity index (χ1v) is 12.2. The lowest BCUT2D eigenvalue weighted by Crippen LogP contribution is -2.21. The van der Waals surface area contributed by atoms with Crippen LogP contribution in [0.3, 0.4) is 0 Å². The smallest absolute Gasteiger partial charge is 0.283 e. The first-order chi connectivity index (χ1) is 17.7. The van der Waals surface area contributed by atoms with Crippen molar-refractivity contribution < 1.29 is 21.9 Å². The van der Waals surface area contributed by atoms with Crippen molar-refractivity contribution in [1.29, 1.82) is 0 Å². The van der Waals surface area contributed by atoms with E-state index in [0.29, 0.717) is 22.8 Å². The summed E-state index contributed by atoms with van der Waals surface area (Å²) in [4.78, 5) is 20.9. The van der Waals surface area contributed by atoms with E-state index < -0.39 is 26.6 Å². The fourth-order valence-electron chi connectivity index (χ4n) is 3.68. The minimum Gasteiger partial charge on any atom is -0.480 e. The van der Waals surface area contributed by atoms with Gasteiger partial charge in [0.1, 0.15) is 33.6 Å². The Labute approximate surface area is 208 Å². The summed E-state index contributed by atoms with van der Waals surface area (Å²) >= 11 is 0. The molecule has 0 aliphatic carbocycles. The number of aryl methyl sites for hydroxylation is 1. The van der Waals surface area contributed by atoms with Gasteiger partial charge in [0.05, 0.1) is 19.0 Å². The van der Waals surface area contributed by atoms with E-state index in [1.807, 2.05) is 0 Å². The Morgan fingerprint density at radius 2 is 1.81 bits per heavy atom. The molecule has 0 bridgehead atoms.